The predicted octanol–water partition coefficient (Wildman–Crippen LogP) is 2.68. The molecule has 0 spiro atoms. The number of nitrogens with two attached hydrogens (primary N) is 1. The molecule has 5 nitrogen and oxygen atoms in total. The fourth-order valence-corrected chi connectivity index (χ4v) is 3.71. The average molecular weight is 350 g/mol. The maximum atomic E-state index is 12.4. The summed E-state index contributed by atoms with van der Waals surface area (Å²) in [7, 11) is 0. The number of likely N-dealkylation sites (tertiary alicyclic amines) is 1. The van der Waals surface area contributed by atoms with Gasteiger partial charge in [-0.15, -0.1) is 11.8 Å². The molecule has 0 radical (unpaired) electrons. The van der Waals surface area contributed by atoms with E-state index in [9.17, 15) is 9.59 Å². The quantitative estimate of drug-likeness (QED) is 0.732. The van der Waals surface area contributed by atoms with Crippen LogP contribution in [0.3, 0.4) is 0 Å². The first kappa shape index (κ1) is 18.6. The molecule has 1 atom stereocenters. The summed E-state index contributed by atoms with van der Waals surface area (Å²) < 4.78 is 5.42. The number of rotatable bonds is 8. The monoisotopic (exact) mass is 350 g/mol. The molecule has 0 saturated carbocycles. The number of hydrogen-bond donors (Lipinski definition) is 1. The first-order valence-electron chi connectivity index (χ1n) is 8.50. The van der Waals surface area contributed by atoms with Crippen molar-refractivity contribution >= 4 is 23.6 Å². The van der Waals surface area contributed by atoms with Gasteiger partial charge in [0.05, 0.1) is 12.4 Å². The van der Waals surface area contributed by atoms with E-state index in [4.69, 9.17) is 10.5 Å². The Kier molecular flexibility index (Phi) is 7.43. The molecule has 0 bridgehead atoms. The molecule has 1 aliphatic rings. The second kappa shape index (κ2) is 9.57. The van der Waals surface area contributed by atoms with Gasteiger partial charge in [0, 0.05) is 24.4 Å². The van der Waals surface area contributed by atoms with E-state index in [0.717, 1.165) is 43.0 Å². The number of thioether (sulfide) groups is 1. The lowest BCUT2D eigenvalue weighted by Crippen LogP contribution is -2.41. The van der Waals surface area contributed by atoms with E-state index < -0.39 is 0 Å². The Hall–Kier alpha value is -1.69. The number of carbonyl (C=O) groups is 2. The number of benzene rings is 1. The predicted molar refractivity (Wildman–Crippen MR) is 96.1 cm³/mol. The second-order valence-electron chi connectivity index (χ2n) is 6.05. The van der Waals surface area contributed by atoms with E-state index in [1.54, 1.807) is 11.8 Å². The number of nitrogens with zero attached hydrogens (tertiary/aromatic N) is 1. The average Bonchev–Trinajstić information content (AvgIpc) is 2.59. The number of hydrogen-bond acceptors (Lipinski definition) is 4. The van der Waals surface area contributed by atoms with Gasteiger partial charge in [0.25, 0.3) is 0 Å². The molecule has 1 aliphatic heterocycles. The Morgan fingerprint density at radius 2 is 2.08 bits per heavy atom. The Bertz CT molecular complexity index is 548. The lowest BCUT2D eigenvalue weighted by molar-refractivity contribution is -0.130. The second-order valence-corrected chi connectivity index (χ2v) is 7.09. The van der Waals surface area contributed by atoms with Crippen molar-refractivity contribution in [3.05, 3.63) is 24.3 Å². The van der Waals surface area contributed by atoms with Gasteiger partial charge in [-0.05, 0) is 56.4 Å². The Morgan fingerprint density at radius 1 is 1.33 bits per heavy atom. The molecule has 1 heterocycles. The summed E-state index contributed by atoms with van der Waals surface area (Å²) in [6.07, 6.45) is 3.27. The summed E-state index contributed by atoms with van der Waals surface area (Å²) in [5.74, 6) is 1.59. The molecular weight excluding hydrogens is 324 g/mol. The summed E-state index contributed by atoms with van der Waals surface area (Å²) in [5, 5.41) is 0. The van der Waals surface area contributed by atoms with Crippen molar-refractivity contribution in [1.82, 2.24) is 4.90 Å². The molecule has 0 aromatic heterocycles. The Morgan fingerprint density at radius 3 is 2.75 bits per heavy atom. The molecule has 2 N–H and O–H groups in total. The van der Waals surface area contributed by atoms with Crippen molar-refractivity contribution in [1.29, 1.82) is 0 Å². The molecule has 132 valence electrons. The molecule has 2 amide bonds. The number of piperidine rings is 1. The summed E-state index contributed by atoms with van der Waals surface area (Å²) >= 11 is 1.55. The van der Waals surface area contributed by atoms with Gasteiger partial charge >= 0.3 is 0 Å². The van der Waals surface area contributed by atoms with Crippen molar-refractivity contribution in [3.63, 3.8) is 0 Å². The Labute approximate surface area is 147 Å². The zero-order valence-corrected chi connectivity index (χ0v) is 15.0. The van der Waals surface area contributed by atoms with Crippen LogP contribution < -0.4 is 10.5 Å². The minimum absolute atomic E-state index is 0.164. The maximum absolute atomic E-state index is 12.4. The first-order chi connectivity index (χ1) is 11.6. The molecule has 0 aliphatic carbocycles. The van der Waals surface area contributed by atoms with Crippen LogP contribution in [-0.4, -0.2) is 42.2 Å². The summed E-state index contributed by atoms with van der Waals surface area (Å²) in [6, 6.07) is 7.82. The number of amides is 2. The van der Waals surface area contributed by atoms with Gasteiger partial charge in [-0.2, -0.15) is 0 Å². The summed E-state index contributed by atoms with van der Waals surface area (Å²) in [6.45, 7) is 4.17. The fraction of sp³-hybridized carbons (Fsp3) is 0.556. The molecule has 1 saturated heterocycles. The molecule has 1 aromatic rings. The zero-order valence-electron chi connectivity index (χ0n) is 14.2. The van der Waals surface area contributed by atoms with Crippen LogP contribution in [0, 0.1) is 5.92 Å². The summed E-state index contributed by atoms with van der Waals surface area (Å²) in [5.41, 5.74) is 5.21. The highest BCUT2D eigenvalue weighted by molar-refractivity contribution is 8.00. The van der Waals surface area contributed by atoms with E-state index in [-0.39, 0.29) is 11.8 Å². The lowest BCUT2D eigenvalue weighted by atomic mass is 9.93. The van der Waals surface area contributed by atoms with E-state index in [1.165, 1.54) is 0 Å². The van der Waals surface area contributed by atoms with Crippen LogP contribution in [0.5, 0.6) is 5.75 Å². The Balaban J connectivity index is 1.77. The van der Waals surface area contributed by atoms with Gasteiger partial charge in [0.2, 0.25) is 11.8 Å². The number of ether oxygens (including phenoxy) is 1. The zero-order chi connectivity index (χ0) is 17.4. The standard InChI is InChI=1S/C18H26N2O3S/c1-2-23-15-6-8-16(9-7-15)24-13-18(22)20-11-3-4-14(12-20)5-10-17(19)21/h6-9,14H,2-5,10-13H2,1H3,(H2,19,21). The van der Waals surface area contributed by atoms with Gasteiger partial charge < -0.3 is 15.4 Å². The smallest absolute Gasteiger partial charge is 0.232 e. The van der Waals surface area contributed by atoms with E-state index in [2.05, 4.69) is 0 Å². The van der Waals surface area contributed by atoms with Crippen molar-refractivity contribution in [2.45, 2.75) is 37.5 Å². The molecular formula is C18H26N2O3S. The van der Waals surface area contributed by atoms with Crippen LogP contribution in [0.25, 0.3) is 0 Å². The van der Waals surface area contributed by atoms with Gasteiger partial charge in [0.1, 0.15) is 5.75 Å². The summed E-state index contributed by atoms with van der Waals surface area (Å²) in [4.78, 5) is 26.3. The van der Waals surface area contributed by atoms with E-state index in [0.29, 0.717) is 24.7 Å². The maximum Gasteiger partial charge on any atom is 0.232 e. The third-order valence-electron chi connectivity index (χ3n) is 4.17. The number of carbonyl (C=O) groups excluding carboxylic acids is 2. The largest absolute Gasteiger partial charge is 0.494 e. The molecule has 2 rings (SSSR count). The van der Waals surface area contributed by atoms with Crippen LogP contribution in [0.4, 0.5) is 0 Å². The highest BCUT2D eigenvalue weighted by atomic mass is 32.2. The minimum atomic E-state index is -0.260. The normalized spacial score (nSPS) is 17.5. The molecule has 1 unspecified atom stereocenters. The van der Waals surface area contributed by atoms with Gasteiger partial charge in [0.15, 0.2) is 0 Å². The third-order valence-corrected chi connectivity index (χ3v) is 5.16. The molecule has 1 aromatic carbocycles. The van der Waals surface area contributed by atoms with Gasteiger partial charge in [-0.1, -0.05) is 0 Å². The lowest BCUT2D eigenvalue weighted by Gasteiger charge is -2.32. The number of primary amides is 1. The van der Waals surface area contributed by atoms with E-state index in [1.807, 2.05) is 36.1 Å². The SMILES string of the molecule is CCOc1ccc(SCC(=O)N2CCCC(CCC(N)=O)C2)cc1. The van der Waals surface area contributed by atoms with E-state index >= 15 is 0 Å². The van der Waals surface area contributed by atoms with Crippen LogP contribution in [0.2, 0.25) is 0 Å². The first-order valence-corrected chi connectivity index (χ1v) is 9.48. The fourth-order valence-electron chi connectivity index (χ4n) is 2.91. The van der Waals surface area contributed by atoms with Gasteiger partial charge in [-0.25, -0.2) is 0 Å². The minimum Gasteiger partial charge on any atom is -0.494 e. The van der Waals surface area contributed by atoms with Crippen molar-refractivity contribution in [3.8, 4) is 5.75 Å². The van der Waals surface area contributed by atoms with Crippen molar-refractivity contribution in [2.75, 3.05) is 25.4 Å². The van der Waals surface area contributed by atoms with Gasteiger partial charge in [-0.3, -0.25) is 9.59 Å². The van der Waals surface area contributed by atoms with Crippen molar-refractivity contribution < 1.29 is 14.3 Å². The molecule has 1 fully saturated rings. The van der Waals surface area contributed by atoms with Crippen LogP contribution in [-0.2, 0) is 9.59 Å². The van der Waals surface area contributed by atoms with Crippen LogP contribution in [0.15, 0.2) is 29.2 Å². The highest BCUT2D eigenvalue weighted by Gasteiger charge is 2.23. The molecule has 6 heteroatoms. The topological polar surface area (TPSA) is 72.6 Å². The van der Waals surface area contributed by atoms with Crippen LogP contribution >= 0.6 is 11.8 Å². The van der Waals surface area contributed by atoms with Crippen LogP contribution in [0.1, 0.15) is 32.6 Å². The van der Waals surface area contributed by atoms with Crippen molar-refractivity contribution in [2.24, 2.45) is 11.7 Å². The highest BCUT2D eigenvalue weighted by Crippen LogP contribution is 2.24. The molecule has 24 heavy (non-hydrogen) atoms. The third kappa shape index (κ3) is 6.07.